The van der Waals surface area contributed by atoms with Crippen molar-refractivity contribution in [2.24, 2.45) is 0 Å². The summed E-state index contributed by atoms with van der Waals surface area (Å²) in [5, 5.41) is 13.2. The molecule has 1 fully saturated rings. The molecule has 4 rings (SSSR count). The van der Waals surface area contributed by atoms with E-state index in [4.69, 9.17) is 25.8 Å². The van der Waals surface area contributed by atoms with Crippen LogP contribution >= 0.6 is 11.6 Å². The monoisotopic (exact) mass is 471 g/mol. The van der Waals surface area contributed by atoms with E-state index in [9.17, 15) is 10.1 Å². The molecule has 0 aliphatic carbocycles. The van der Waals surface area contributed by atoms with Gasteiger partial charge in [0.15, 0.2) is 0 Å². The van der Waals surface area contributed by atoms with Crippen molar-refractivity contribution in [1.82, 2.24) is 4.98 Å². The molecule has 2 atom stereocenters. The Hall–Kier alpha value is -3.10. The van der Waals surface area contributed by atoms with E-state index >= 15 is 0 Å². The number of hydrogen-bond acceptors (Lipinski definition) is 7. The first-order valence-corrected chi connectivity index (χ1v) is 11.1. The maximum Gasteiger partial charge on any atom is 0.311 e. The molecule has 1 saturated heterocycles. The van der Waals surface area contributed by atoms with Crippen molar-refractivity contribution in [3.63, 3.8) is 0 Å². The van der Waals surface area contributed by atoms with E-state index in [2.05, 4.69) is 9.88 Å². The number of rotatable bonds is 7. The first-order valence-electron chi connectivity index (χ1n) is 10.7. The molecule has 8 nitrogen and oxygen atoms in total. The zero-order valence-corrected chi connectivity index (χ0v) is 19.5. The van der Waals surface area contributed by atoms with Gasteiger partial charge in [-0.15, -0.1) is 0 Å². The van der Waals surface area contributed by atoms with E-state index in [-0.39, 0.29) is 22.8 Å². The van der Waals surface area contributed by atoms with Gasteiger partial charge in [0.05, 0.1) is 30.8 Å². The number of anilines is 1. The lowest BCUT2D eigenvalue weighted by Crippen LogP contribution is -2.42. The topological polar surface area (TPSA) is 87.0 Å². The molecule has 0 saturated carbocycles. The van der Waals surface area contributed by atoms with E-state index < -0.39 is 0 Å². The Bertz CT molecular complexity index is 1170. The maximum atomic E-state index is 12.1. The molecule has 9 heteroatoms. The van der Waals surface area contributed by atoms with Gasteiger partial charge in [-0.3, -0.25) is 10.1 Å². The molecule has 2 heterocycles. The Morgan fingerprint density at radius 3 is 2.76 bits per heavy atom. The molecule has 0 radical (unpaired) electrons. The number of halogens is 1. The number of benzene rings is 2. The lowest BCUT2D eigenvalue weighted by molar-refractivity contribution is -0.384. The molecule has 0 spiro atoms. The van der Waals surface area contributed by atoms with E-state index in [1.54, 1.807) is 32.4 Å². The van der Waals surface area contributed by atoms with Gasteiger partial charge in [-0.1, -0.05) is 11.6 Å². The molecule has 0 N–H and O–H groups in total. The number of nitro groups is 1. The summed E-state index contributed by atoms with van der Waals surface area (Å²) in [4.78, 5) is 18.1. The molecule has 0 amide bonds. The summed E-state index contributed by atoms with van der Waals surface area (Å²) >= 11 is 6.31. The van der Waals surface area contributed by atoms with Gasteiger partial charge >= 0.3 is 5.69 Å². The summed E-state index contributed by atoms with van der Waals surface area (Å²) < 4.78 is 16.7. The Kier molecular flexibility index (Phi) is 6.85. The predicted molar refractivity (Wildman–Crippen MR) is 128 cm³/mol. The van der Waals surface area contributed by atoms with Crippen molar-refractivity contribution in [2.75, 3.05) is 25.7 Å². The Balaban J connectivity index is 1.91. The quantitative estimate of drug-likeness (QED) is 0.337. The molecule has 0 bridgehead atoms. The van der Waals surface area contributed by atoms with Gasteiger partial charge < -0.3 is 19.1 Å². The first kappa shape index (κ1) is 23.1. The van der Waals surface area contributed by atoms with Gasteiger partial charge in [-0.2, -0.15) is 0 Å². The number of aromatic nitrogens is 1. The van der Waals surface area contributed by atoms with Crippen LogP contribution in [-0.2, 0) is 11.3 Å². The number of pyridine rings is 1. The average Bonchev–Trinajstić information content (AvgIpc) is 2.81. The minimum atomic E-state index is -0.385. The summed E-state index contributed by atoms with van der Waals surface area (Å²) in [7, 11) is 3.20. The van der Waals surface area contributed by atoms with Crippen LogP contribution in [0, 0.1) is 10.1 Å². The summed E-state index contributed by atoms with van der Waals surface area (Å²) in [5.41, 5.74) is 1.98. The minimum absolute atomic E-state index is 0.0174. The van der Waals surface area contributed by atoms with Crippen molar-refractivity contribution in [3.8, 4) is 11.5 Å². The molecule has 2 aromatic carbocycles. The van der Waals surface area contributed by atoms with Crippen LogP contribution in [0.2, 0.25) is 5.02 Å². The second kappa shape index (κ2) is 9.80. The van der Waals surface area contributed by atoms with Crippen LogP contribution < -0.4 is 14.4 Å². The number of hydrogen-bond donors (Lipinski definition) is 0. The van der Waals surface area contributed by atoms with Gasteiger partial charge in [-0.05, 0) is 50.1 Å². The van der Waals surface area contributed by atoms with Crippen LogP contribution in [0.3, 0.4) is 0 Å². The highest BCUT2D eigenvalue weighted by Gasteiger charge is 2.32. The lowest BCUT2D eigenvalue weighted by atomic mass is 9.99. The average molecular weight is 472 g/mol. The standard InChI is InChI=1S/C24H26ClN3O5/c1-15-10-18(8-9-33-15)27(14-16-4-6-19(31-2)12-23(16)32-3)24-20-11-17(25)5-7-21(20)26-13-22(24)28(29)30/h4-7,11-13,15,18H,8-10,14H2,1-3H3/t15-,18-/m1/s1. The zero-order chi connectivity index (χ0) is 23.5. The largest absolute Gasteiger partial charge is 0.497 e. The summed E-state index contributed by atoms with van der Waals surface area (Å²) in [6, 6.07) is 10.9. The summed E-state index contributed by atoms with van der Waals surface area (Å²) in [6.45, 7) is 3.00. The molecular weight excluding hydrogens is 446 g/mol. The second-order valence-corrected chi connectivity index (χ2v) is 8.51. The molecular formula is C24H26ClN3O5. The maximum absolute atomic E-state index is 12.1. The van der Waals surface area contributed by atoms with Crippen LogP contribution in [0.4, 0.5) is 11.4 Å². The lowest BCUT2D eigenvalue weighted by Gasteiger charge is -2.38. The van der Waals surface area contributed by atoms with Crippen molar-refractivity contribution < 1.29 is 19.1 Å². The highest BCUT2D eigenvalue weighted by Crippen LogP contribution is 2.41. The van der Waals surface area contributed by atoms with Crippen molar-refractivity contribution in [2.45, 2.75) is 38.5 Å². The van der Waals surface area contributed by atoms with Crippen molar-refractivity contribution >= 4 is 33.9 Å². The number of fused-ring (bicyclic) bond motifs is 1. The number of nitrogens with zero attached hydrogens (tertiary/aromatic N) is 3. The van der Waals surface area contributed by atoms with Crippen molar-refractivity contribution in [1.29, 1.82) is 0 Å². The minimum Gasteiger partial charge on any atom is -0.497 e. The molecule has 1 aromatic heterocycles. The SMILES string of the molecule is COc1ccc(CN(c2c([N+](=O)[O-])cnc3ccc(Cl)cc23)[C@@H]2CCO[C@H](C)C2)c(OC)c1. The molecule has 1 aliphatic heterocycles. The van der Waals surface area contributed by atoms with Gasteiger partial charge in [0.25, 0.3) is 0 Å². The Morgan fingerprint density at radius 2 is 2.06 bits per heavy atom. The van der Waals surface area contributed by atoms with Gasteiger partial charge in [0.2, 0.25) is 0 Å². The molecule has 3 aromatic rings. The fraction of sp³-hybridized carbons (Fsp3) is 0.375. The first-order chi connectivity index (χ1) is 15.9. The zero-order valence-electron chi connectivity index (χ0n) is 18.8. The second-order valence-electron chi connectivity index (χ2n) is 8.08. The van der Waals surface area contributed by atoms with E-state index in [1.165, 1.54) is 6.20 Å². The van der Waals surface area contributed by atoms with Crippen molar-refractivity contribution in [3.05, 3.63) is 63.3 Å². The van der Waals surface area contributed by atoms with Crippen LogP contribution in [0.25, 0.3) is 10.9 Å². The van der Waals surface area contributed by atoms with Crippen LogP contribution in [0.15, 0.2) is 42.6 Å². The van der Waals surface area contributed by atoms with Gasteiger partial charge in [0, 0.05) is 41.2 Å². The molecule has 174 valence electrons. The summed E-state index contributed by atoms with van der Waals surface area (Å²) in [5.74, 6) is 1.33. The molecule has 0 unspecified atom stereocenters. The molecule has 33 heavy (non-hydrogen) atoms. The summed E-state index contributed by atoms with van der Waals surface area (Å²) in [6.07, 6.45) is 2.84. The number of methoxy groups -OCH3 is 2. The van der Waals surface area contributed by atoms with Crippen LogP contribution in [0.1, 0.15) is 25.3 Å². The van der Waals surface area contributed by atoms with Crippen LogP contribution in [0.5, 0.6) is 11.5 Å². The molecule has 1 aliphatic rings. The fourth-order valence-corrected chi connectivity index (χ4v) is 4.56. The van der Waals surface area contributed by atoms with E-state index in [0.717, 1.165) is 18.4 Å². The van der Waals surface area contributed by atoms with E-state index in [0.29, 0.717) is 46.3 Å². The number of ether oxygens (including phenoxy) is 3. The Morgan fingerprint density at radius 1 is 1.24 bits per heavy atom. The third-order valence-electron chi connectivity index (χ3n) is 6.00. The highest BCUT2D eigenvalue weighted by atomic mass is 35.5. The predicted octanol–water partition coefficient (Wildman–Crippen LogP) is 5.39. The van der Waals surface area contributed by atoms with Gasteiger partial charge in [0.1, 0.15) is 23.4 Å². The van der Waals surface area contributed by atoms with E-state index in [1.807, 2.05) is 25.1 Å². The van der Waals surface area contributed by atoms with Crippen LogP contribution in [-0.4, -0.2) is 42.9 Å². The fourth-order valence-electron chi connectivity index (χ4n) is 4.39. The Labute approximate surface area is 197 Å². The third kappa shape index (κ3) is 4.82. The van der Waals surface area contributed by atoms with Gasteiger partial charge in [-0.25, -0.2) is 4.98 Å². The smallest absolute Gasteiger partial charge is 0.311 e. The normalized spacial score (nSPS) is 18.2. The third-order valence-corrected chi connectivity index (χ3v) is 6.23. The highest BCUT2D eigenvalue weighted by molar-refractivity contribution is 6.31.